The highest BCUT2D eigenvalue weighted by molar-refractivity contribution is 5.94. The van der Waals surface area contributed by atoms with Gasteiger partial charge in [0, 0.05) is 30.4 Å². The van der Waals surface area contributed by atoms with Crippen molar-refractivity contribution in [1.82, 2.24) is 14.7 Å². The van der Waals surface area contributed by atoms with E-state index in [0.717, 1.165) is 13.8 Å². The number of nitrogens with one attached hydrogen (secondary N) is 1. The molecule has 0 radical (unpaired) electrons. The number of aromatic nitrogens is 2. The molecule has 0 bridgehead atoms. The molecular weight excluding hydrogens is 409 g/mol. The largest absolute Gasteiger partial charge is 0.487 e. The van der Waals surface area contributed by atoms with Crippen molar-refractivity contribution in [3.05, 3.63) is 54.5 Å². The second-order valence-corrected chi connectivity index (χ2v) is 6.87. The first-order valence-corrected chi connectivity index (χ1v) is 8.91. The molecular formula is C20H18F5N3O2. The fraction of sp³-hybridized carbons (Fsp3) is 0.300. The molecule has 0 aliphatic rings. The number of ether oxygens (including phenoxy) is 1. The fourth-order valence-corrected chi connectivity index (χ4v) is 2.70. The number of benzene rings is 1. The van der Waals surface area contributed by atoms with Crippen LogP contribution in [0.25, 0.3) is 16.8 Å². The predicted octanol–water partition coefficient (Wildman–Crippen LogP) is 4.72. The third kappa shape index (κ3) is 4.87. The number of nitrogens with zero attached hydrogens (tertiary/aromatic N) is 2. The summed E-state index contributed by atoms with van der Waals surface area (Å²) in [5, 5.41) is 1.86. The molecule has 3 rings (SSSR count). The molecule has 2 heterocycles. The summed E-state index contributed by atoms with van der Waals surface area (Å²) < 4.78 is 71.3. The van der Waals surface area contributed by atoms with E-state index in [9.17, 15) is 26.7 Å². The summed E-state index contributed by atoms with van der Waals surface area (Å²) in [6.45, 7) is 0.735. The number of pyridine rings is 1. The molecule has 1 N–H and O–H groups in total. The van der Waals surface area contributed by atoms with Crippen LogP contribution in [0.5, 0.6) is 5.75 Å². The number of rotatable bonds is 6. The number of imidazole rings is 1. The van der Waals surface area contributed by atoms with Gasteiger partial charge in [-0.05, 0) is 25.1 Å². The Kier molecular flexibility index (Phi) is 5.69. The van der Waals surface area contributed by atoms with Gasteiger partial charge in [-0.2, -0.15) is 13.2 Å². The molecule has 0 unspecified atom stereocenters. The van der Waals surface area contributed by atoms with Gasteiger partial charge in [-0.15, -0.1) is 0 Å². The number of fused-ring (bicyclic) bond motifs is 1. The molecule has 5 nitrogen and oxygen atoms in total. The zero-order valence-corrected chi connectivity index (χ0v) is 16.0. The van der Waals surface area contributed by atoms with E-state index >= 15 is 0 Å². The van der Waals surface area contributed by atoms with Crippen LogP contribution in [0.4, 0.5) is 22.0 Å². The van der Waals surface area contributed by atoms with E-state index in [-0.39, 0.29) is 17.1 Å². The van der Waals surface area contributed by atoms with Gasteiger partial charge in [-0.3, -0.25) is 4.79 Å². The predicted molar refractivity (Wildman–Crippen MR) is 99.7 cm³/mol. The summed E-state index contributed by atoms with van der Waals surface area (Å²) in [5.74, 6) is -3.83. The molecule has 0 fully saturated rings. The smallest absolute Gasteiger partial charge is 0.408 e. The molecule has 3 aromatic rings. The van der Waals surface area contributed by atoms with Crippen molar-refractivity contribution in [3.63, 3.8) is 0 Å². The molecule has 0 aliphatic heterocycles. The number of alkyl halides is 5. The van der Waals surface area contributed by atoms with Gasteiger partial charge < -0.3 is 14.5 Å². The molecule has 0 saturated carbocycles. The lowest BCUT2D eigenvalue weighted by Gasteiger charge is -2.16. The van der Waals surface area contributed by atoms with Crippen molar-refractivity contribution in [3.8, 4) is 16.9 Å². The van der Waals surface area contributed by atoms with E-state index in [1.165, 1.54) is 16.7 Å². The highest BCUT2D eigenvalue weighted by Crippen LogP contribution is 2.33. The van der Waals surface area contributed by atoms with Gasteiger partial charge in [0.1, 0.15) is 23.1 Å². The zero-order chi connectivity index (χ0) is 22.1. The summed E-state index contributed by atoms with van der Waals surface area (Å²) in [6.07, 6.45) is -1.72. The second kappa shape index (κ2) is 7.92. The molecule has 2 aromatic heterocycles. The van der Waals surface area contributed by atoms with Crippen LogP contribution in [0.15, 0.2) is 48.8 Å². The zero-order valence-electron chi connectivity index (χ0n) is 16.0. The Morgan fingerprint density at radius 2 is 1.80 bits per heavy atom. The van der Waals surface area contributed by atoms with E-state index in [1.807, 2.05) is 5.32 Å². The number of hydrogen-bond donors (Lipinski definition) is 1. The minimum atomic E-state index is -4.59. The van der Waals surface area contributed by atoms with E-state index in [0.29, 0.717) is 11.1 Å². The Bertz CT molecular complexity index is 1060. The minimum absolute atomic E-state index is 0.187. The minimum Gasteiger partial charge on any atom is -0.487 e. The third-order valence-electron chi connectivity index (χ3n) is 4.21. The number of para-hydroxylation sites is 1. The number of carbonyl (C=O) groups excluding carboxylic acids is 1. The van der Waals surface area contributed by atoms with Crippen LogP contribution in [-0.4, -0.2) is 40.0 Å². The van der Waals surface area contributed by atoms with Crippen molar-refractivity contribution in [2.45, 2.75) is 32.0 Å². The number of halogens is 5. The fourth-order valence-electron chi connectivity index (χ4n) is 2.70. The summed E-state index contributed by atoms with van der Waals surface area (Å²) in [4.78, 5) is 16.4. The van der Waals surface area contributed by atoms with Crippen LogP contribution >= 0.6 is 0 Å². The molecule has 1 aromatic carbocycles. The lowest BCUT2D eigenvalue weighted by atomic mass is 10.1. The average Bonchev–Trinajstić information content (AvgIpc) is 3.10. The molecule has 30 heavy (non-hydrogen) atoms. The van der Waals surface area contributed by atoms with Crippen molar-refractivity contribution in [1.29, 1.82) is 0 Å². The highest BCUT2D eigenvalue weighted by Gasteiger charge is 2.37. The van der Waals surface area contributed by atoms with Gasteiger partial charge in [0.25, 0.3) is 11.8 Å². The maximum atomic E-state index is 13.2. The van der Waals surface area contributed by atoms with Crippen molar-refractivity contribution in [2.24, 2.45) is 0 Å². The quantitative estimate of drug-likeness (QED) is 0.580. The van der Waals surface area contributed by atoms with E-state index < -0.39 is 30.7 Å². The lowest BCUT2D eigenvalue weighted by molar-refractivity contribution is -0.149. The van der Waals surface area contributed by atoms with Gasteiger partial charge in [-0.25, -0.2) is 13.8 Å². The molecule has 0 saturated heterocycles. The number of carbonyl (C=O) groups is 1. The van der Waals surface area contributed by atoms with Gasteiger partial charge in [0.15, 0.2) is 6.61 Å². The first kappa shape index (κ1) is 21.5. The summed E-state index contributed by atoms with van der Waals surface area (Å²) >= 11 is 0. The third-order valence-corrected chi connectivity index (χ3v) is 4.21. The van der Waals surface area contributed by atoms with Gasteiger partial charge in [0.05, 0.1) is 0 Å². The Morgan fingerprint density at radius 1 is 1.13 bits per heavy atom. The summed E-state index contributed by atoms with van der Waals surface area (Å²) in [5.41, 5.74) is 0.975. The standard InChI is InChI=1S/C20H18F5N3O2/c1-12(20(23,24)25)26-18(29)15-10-28-9-5-7-14(17(28)27-15)13-6-3-4-8-16(13)30-11-19(2,21)22/h3-10,12H,11H2,1-2H3,(H,26,29)/t12-/m0/s1. The van der Waals surface area contributed by atoms with Crippen LogP contribution in [-0.2, 0) is 0 Å². The number of hydrogen-bond acceptors (Lipinski definition) is 3. The van der Waals surface area contributed by atoms with Gasteiger partial charge >= 0.3 is 6.18 Å². The highest BCUT2D eigenvalue weighted by atomic mass is 19.4. The monoisotopic (exact) mass is 427 g/mol. The van der Waals surface area contributed by atoms with E-state index in [1.54, 1.807) is 36.5 Å². The molecule has 160 valence electrons. The lowest BCUT2D eigenvalue weighted by Crippen LogP contribution is -2.43. The van der Waals surface area contributed by atoms with E-state index in [4.69, 9.17) is 4.74 Å². The summed E-state index contributed by atoms with van der Waals surface area (Å²) in [7, 11) is 0. The number of amides is 1. The summed E-state index contributed by atoms with van der Waals surface area (Å²) in [6, 6.07) is 7.70. The Labute approximate surface area is 168 Å². The topological polar surface area (TPSA) is 55.6 Å². The van der Waals surface area contributed by atoms with Gasteiger partial charge in [-0.1, -0.05) is 18.2 Å². The average molecular weight is 427 g/mol. The molecule has 0 aliphatic carbocycles. The maximum Gasteiger partial charge on any atom is 0.408 e. The first-order valence-electron chi connectivity index (χ1n) is 8.91. The Hall–Kier alpha value is -3.17. The molecule has 0 spiro atoms. The van der Waals surface area contributed by atoms with Crippen molar-refractivity contribution in [2.75, 3.05) is 6.61 Å². The van der Waals surface area contributed by atoms with Crippen molar-refractivity contribution >= 4 is 11.6 Å². The van der Waals surface area contributed by atoms with Crippen LogP contribution in [0.3, 0.4) is 0 Å². The molecule has 1 atom stereocenters. The van der Waals surface area contributed by atoms with Crippen LogP contribution < -0.4 is 10.1 Å². The van der Waals surface area contributed by atoms with Crippen LogP contribution in [0.2, 0.25) is 0 Å². The second-order valence-electron chi connectivity index (χ2n) is 6.87. The van der Waals surface area contributed by atoms with E-state index in [2.05, 4.69) is 4.98 Å². The molecule has 10 heteroatoms. The normalized spacial score (nSPS) is 13.3. The van der Waals surface area contributed by atoms with Crippen LogP contribution in [0.1, 0.15) is 24.3 Å². The molecule has 1 amide bonds. The first-order chi connectivity index (χ1) is 14.0. The van der Waals surface area contributed by atoms with Gasteiger partial charge in [0.2, 0.25) is 0 Å². The SMILES string of the molecule is C[C@H](NC(=O)c1cn2cccc(-c3ccccc3OCC(C)(F)F)c2n1)C(F)(F)F. The Morgan fingerprint density at radius 3 is 2.47 bits per heavy atom. The van der Waals surface area contributed by atoms with Crippen molar-refractivity contribution < 1.29 is 31.5 Å². The van der Waals surface area contributed by atoms with Crippen LogP contribution in [0, 0.1) is 0 Å². The maximum absolute atomic E-state index is 13.2. The Balaban J connectivity index is 1.97.